The fourth-order valence-electron chi connectivity index (χ4n) is 1.72. The molecule has 4 heteroatoms. The molecule has 19 heavy (non-hydrogen) atoms. The summed E-state index contributed by atoms with van der Waals surface area (Å²) < 4.78 is 18.9. The van der Waals surface area contributed by atoms with Crippen molar-refractivity contribution in [1.29, 1.82) is 0 Å². The highest BCUT2D eigenvalue weighted by atomic mass is 19.1. The molecular weight excluding hydrogens is 245 g/mol. The van der Waals surface area contributed by atoms with Gasteiger partial charge in [-0.15, -0.1) is 0 Å². The zero-order valence-electron chi connectivity index (χ0n) is 12.0. The lowest BCUT2D eigenvalue weighted by atomic mass is 9.99. The van der Waals surface area contributed by atoms with Crippen molar-refractivity contribution in [3.63, 3.8) is 0 Å². The van der Waals surface area contributed by atoms with E-state index in [4.69, 9.17) is 10.5 Å². The SMILES string of the molecule is CC(Cc1ccc(CN)c(F)c1)C(=O)OC(C)(C)C. The summed E-state index contributed by atoms with van der Waals surface area (Å²) >= 11 is 0. The first-order valence-electron chi connectivity index (χ1n) is 6.43. The molecule has 0 aliphatic rings. The van der Waals surface area contributed by atoms with Crippen LogP contribution in [0.1, 0.15) is 38.8 Å². The number of hydrogen-bond acceptors (Lipinski definition) is 3. The van der Waals surface area contributed by atoms with Crippen molar-refractivity contribution in [3.8, 4) is 0 Å². The second-order valence-electron chi connectivity index (χ2n) is 5.77. The Hall–Kier alpha value is -1.42. The van der Waals surface area contributed by atoms with Crippen LogP contribution in [0.3, 0.4) is 0 Å². The second-order valence-corrected chi connectivity index (χ2v) is 5.77. The van der Waals surface area contributed by atoms with Gasteiger partial charge in [-0.25, -0.2) is 4.39 Å². The third kappa shape index (κ3) is 4.99. The maximum absolute atomic E-state index is 13.6. The average Bonchev–Trinajstić information content (AvgIpc) is 2.27. The molecule has 0 bridgehead atoms. The molecule has 3 nitrogen and oxygen atoms in total. The maximum atomic E-state index is 13.6. The maximum Gasteiger partial charge on any atom is 0.309 e. The van der Waals surface area contributed by atoms with Crippen LogP contribution in [0.4, 0.5) is 4.39 Å². The average molecular weight is 267 g/mol. The molecule has 1 aromatic carbocycles. The Balaban J connectivity index is 2.69. The van der Waals surface area contributed by atoms with Crippen molar-refractivity contribution in [2.24, 2.45) is 11.7 Å². The monoisotopic (exact) mass is 267 g/mol. The zero-order chi connectivity index (χ0) is 14.6. The molecule has 0 heterocycles. The van der Waals surface area contributed by atoms with Crippen LogP contribution in [0.2, 0.25) is 0 Å². The lowest BCUT2D eigenvalue weighted by molar-refractivity contribution is -0.159. The van der Waals surface area contributed by atoms with E-state index in [9.17, 15) is 9.18 Å². The Morgan fingerprint density at radius 1 is 1.42 bits per heavy atom. The summed E-state index contributed by atoms with van der Waals surface area (Å²) in [6, 6.07) is 4.89. The van der Waals surface area contributed by atoms with Gasteiger partial charge >= 0.3 is 5.97 Å². The van der Waals surface area contributed by atoms with E-state index in [1.807, 2.05) is 20.8 Å². The summed E-state index contributed by atoms with van der Waals surface area (Å²) in [4.78, 5) is 11.8. The van der Waals surface area contributed by atoms with Crippen molar-refractivity contribution in [1.82, 2.24) is 0 Å². The summed E-state index contributed by atoms with van der Waals surface area (Å²) in [6.07, 6.45) is 0.455. The molecule has 1 atom stereocenters. The van der Waals surface area contributed by atoms with E-state index in [0.29, 0.717) is 12.0 Å². The van der Waals surface area contributed by atoms with Gasteiger partial charge in [-0.1, -0.05) is 19.1 Å². The Labute approximate surface area is 113 Å². The van der Waals surface area contributed by atoms with Crippen LogP contribution in [0.15, 0.2) is 18.2 Å². The first kappa shape index (κ1) is 15.6. The van der Waals surface area contributed by atoms with E-state index >= 15 is 0 Å². The fourth-order valence-corrected chi connectivity index (χ4v) is 1.72. The number of rotatable bonds is 4. The third-order valence-electron chi connectivity index (χ3n) is 2.69. The van der Waals surface area contributed by atoms with Crippen LogP contribution < -0.4 is 5.73 Å². The Morgan fingerprint density at radius 2 is 2.05 bits per heavy atom. The molecule has 0 aliphatic carbocycles. The molecule has 0 aliphatic heterocycles. The van der Waals surface area contributed by atoms with Crippen LogP contribution >= 0.6 is 0 Å². The smallest absolute Gasteiger partial charge is 0.309 e. The van der Waals surface area contributed by atoms with Gasteiger partial charge in [0.2, 0.25) is 0 Å². The summed E-state index contributed by atoms with van der Waals surface area (Å²) in [6.45, 7) is 7.44. The molecule has 106 valence electrons. The predicted molar refractivity (Wildman–Crippen MR) is 73.0 cm³/mol. The van der Waals surface area contributed by atoms with Crippen LogP contribution in [0, 0.1) is 11.7 Å². The summed E-state index contributed by atoms with van der Waals surface area (Å²) in [5.74, 6) is -0.894. The molecule has 1 aromatic rings. The van der Waals surface area contributed by atoms with Crippen LogP contribution in [-0.2, 0) is 22.5 Å². The van der Waals surface area contributed by atoms with Crippen LogP contribution in [0.25, 0.3) is 0 Å². The standard InChI is InChI=1S/C15H22FNO2/c1-10(14(18)19-15(2,3)4)7-11-5-6-12(9-17)13(16)8-11/h5-6,8,10H,7,9,17H2,1-4H3. The van der Waals surface area contributed by atoms with Gasteiger partial charge in [0, 0.05) is 12.1 Å². The predicted octanol–water partition coefficient (Wildman–Crippen LogP) is 2.80. The van der Waals surface area contributed by atoms with E-state index in [1.165, 1.54) is 6.07 Å². The van der Waals surface area contributed by atoms with Gasteiger partial charge in [0.05, 0.1) is 5.92 Å². The lowest BCUT2D eigenvalue weighted by Gasteiger charge is -2.22. The molecule has 1 rings (SSSR count). The number of esters is 1. The van der Waals surface area contributed by atoms with Crippen molar-refractivity contribution < 1.29 is 13.9 Å². The number of carbonyl (C=O) groups excluding carboxylic acids is 1. The third-order valence-corrected chi connectivity index (χ3v) is 2.69. The van der Waals surface area contributed by atoms with Gasteiger partial charge in [0.15, 0.2) is 0 Å². The summed E-state index contributed by atoms with van der Waals surface area (Å²) in [5, 5.41) is 0. The van der Waals surface area contributed by atoms with Crippen LogP contribution in [0.5, 0.6) is 0 Å². The number of hydrogen-bond donors (Lipinski definition) is 1. The molecule has 1 unspecified atom stereocenters. The fraction of sp³-hybridized carbons (Fsp3) is 0.533. The molecule has 0 radical (unpaired) electrons. The van der Waals surface area contributed by atoms with Gasteiger partial charge < -0.3 is 10.5 Å². The number of halogens is 1. The first-order valence-corrected chi connectivity index (χ1v) is 6.43. The van der Waals surface area contributed by atoms with Crippen molar-refractivity contribution >= 4 is 5.97 Å². The highest BCUT2D eigenvalue weighted by molar-refractivity contribution is 5.72. The normalized spacial score (nSPS) is 13.2. The molecule has 2 N–H and O–H groups in total. The van der Waals surface area contributed by atoms with Crippen molar-refractivity contribution in [3.05, 3.63) is 35.1 Å². The molecule has 0 aromatic heterocycles. The molecule has 0 spiro atoms. The first-order chi connectivity index (χ1) is 8.73. The van der Waals surface area contributed by atoms with E-state index in [1.54, 1.807) is 19.1 Å². The van der Waals surface area contributed by atoms with Gasteiger partial charge in [-0.05, 0) is 38.8 Å². The van der Waals surface area contributed by atoms with Gasteiger partial charge in [-0.3, -0.25) is 4.79 Å². The number of carbonyl (C=O) groups is 1. The minimum Gasteiger partial charge on any atom is -0.460 e. The van der Waals surface area contributed by atoms with Crippen molar-refractivity contribution in [2.45, 2.75) is 46.3 Å². The highest BCUT2D eigenvalue weighted by Crippen LogP contribution is 2.17. The quantitative estimate of drug-likeness (QED) is 0.853. The van der Waals surface area contributed by atoms with Gasteiger partial charge in [0.25, 0.3) is 0 Å². The molecule has 0 fully saturated rings. The van der Waals surface area contributed by atoms with E-state index in [0.717, 1.165) is 5.56 Å². The Bertz CT molecular complexity index is 452. The summed E-state index contributed by atoms with van der Waals surface area (Å²) in [7, 11) is 0. The second kappa shape index (κ2) is 6.15. The highest BCUT2D eigenvalue weighted by Gasteiger charge is 2.22. The van der Waals surface area contributed by atoms with E-state index < -0.39 is 5.60 Å². The summed E-state index contributed by atoms with van der Waals surface area (Å²) in [5.41, 5.74) is 6.16. The molecule has 0 saturated heterocycles. The van der Waals surface area contributed by atoms with Crippen molar-refractivity contribution in [2.75, 3.05) is 0 Å². The zero-order valence-corrected chi connectivity index (χ0v) is 12.0. The minimum absolute atomic E-state index is 0.174. The van der Waals surface area contributed by atoms with Gasteiger partial charge in [-0.2, -0.15) is 0 Å². The van der Waals surface area contributed by atoms with Gasteiger partial charge in [0.1, 0.15) is 11.4 Å². The molecular formula is C15H22FNO2. The largest absolute Gasteiger partial charge is 0.460 e. The number of ether oxygens (including phenoxy) is 1. The molecule has 0 amide bonds. The number of nitrogens with two attached hydrogens (primary N) is 1. The van der Waals surface area contributed by atoms with E-state index in [-0.39, 0.29) is 24.2 Å². The Morgan fingerprint density at radius 3 is 2.53 bits per heavy atom. The number of benzene rings is 1. The topological polar surface area (TPSA) is 52.3 Å². The lowest BCUT2D eigenvalue weighted by Crippen LogP contribution is -2.28. The van der Waals surface area contributed by atoms with Crippen LogP contribution in [-0.4, -0.2) is 11.6 Å². The molecule has 0 saturated carbocycles. The van der Waals surface area contributed by atoms with E-state index in [2.05, 4.69) is 0 Å². The minimum atomic E-state index is -0.500. The Kier molecular flexibility index (Phi) is 5.06.